The Bertz CT molecular complexity index is 575. The summed E-state index contributed by atoms with van der Waals surface area (Å²) in [4.78, 5) is 8.47. The van der Waals surface area contributed by atoms with Crippen LogP contribution in [0, 0.1) is 0 Å². The average Bonchev–Trinajstić information content (AvgIpc) is 3.07. The third-order valence-corrected chi connectivity index (χ3v) is 3.12. The molecule has 1 aromatic heterocycles. The molecule has 0 spiro atoms. The van der Waals surface area contributed by atoms with Crippen molar-refractivity contribution in [1.82, 2.24) is 14.9 Å². The van der Waals surface area contributed by atoms with Crippen molar-refractivity contribution in [1.29, 1.82) is 0 Å². The first-order chi connectivity index (χ1) is 9.33. The lowest BCUT2D eigenvalue weighted by atomic mass is 10.2. The molecule has 2 aromatic rings. The van der Waals surface area contributed by atoms with Gasteiger partial charge in [-0.05, 0) is 24.5 Å². The van der Waals surface area contributed by atoms with Crippen molar-refractivity contribution in [2.75, 3.05) is 0 Å². The van der Waals surface area contributed by atoms with Crippen LogP contribution in [-0.2, 0) is 6.54 Å². The third kappa shape index (κ3) is 3.72. The van der Waals surface area contributed by atoms with Gasteiger partial charge in [0.2, 0.25) is 0 Å². The Morgan fingerprint density at radius 3 is 2.90 bits per heavy atom. The molecule has 20 heavy (non-hydrogen) atoms. The van der Waals surface area contributed by atoms with Gasteiger partial charge in [0.15, 0.2) is 5.96 Å². The number of benzene rings is 1. The predicted octanol–water partition coefficient (Wildman–Crippen LogP) is 2.06. The monoisotopic (exact) mass is 383 g/mol. The van der Waals surface area contributed by atoms with E-state index in [0.29, 0.717) is 18.5 Å². The first kappa shape index (κ1) is 14.8. The molecule has 0 amide bonds. The summed E-state index contributed by atoms with van der Waals surface area (Å²) in [6.07, 6.45) is 7.87. The summed E-state index contributed by atoms with van der Waals surface area (Å²) >= 11 is 0. The quantitative estimate of drug-likeness (QED) is 0.483. The van der Waals surface area contributed by atoms with E-state index in [9.17, 15) is 0 Å². The minimum Gasteiger partial charge on any atom is -0.370 e. The van der Waals surface area contributed by atoms with Crippen LogP contribution >= 0.6 is 24.0 Å². The van der Waals surface area contributed by atoms with Crippen molar-refractivity contribution in [2.24, 2.45) is 10.7 Å². The Morgan fingerprint density at radius 1 is 1.40 bits per heavy atom. The Kier molecular flexibility index (Phi) is 4.99. The van der Waals surface area contributed by atoms with E-state index in [-0.39, 0.29) is 24.0 Å². The summed E-state index contributed by atoms with van der Waals surface area (Å²) in [5.74, 6) is 0.530. The predicted molar refractivity (Wildman–Crippen MR) is 90.5 cm³/mol. The number of imidazole rings is 1. The van der Waals surface area contributed by atoms with Crippen molar-refractivity contribution in [2.45, 2.75) is 25.4 Å². The van der Waals surface area contributed by atoms with Gasteiger partial charge in [-0.1, -0.05) is 18.2 Å². The number of halogens is 1. The number of hydrogen-bond acceptors (Lipinski definition) is 2. The van der Waals surface area contributed by atoms with E-state index in [4.69, 9.17) is 5.73 Å². The molecule has 1 fully saturated rings. The second-order valence-corrected chi connectivity index (χ2v) is 4.72. The van der Waals surface area contributed by atoms with Gasteiger partial charge in [-0.25, -0.2) is 9.98 Å². The molecule has 1 heterocycles. The van der Waals surface area contributed by atoms with Crippen LogP contribution in [0.4, 0.5) is 0 Å². The van der Waals surface area contributed by atoms with Crippen LogP contribution in [0.25, 0.3) is 5.69 Å². The lowest BCUT2D eigenvalue weighted by Gasteiger charge is -2.09. The van der Waals surface area contributed by atoms with Gasteiger partial charge in [-0.3, -0.25) is 0 Å². The minimum absolute atomic E-state index is 0. The number of hydrogen-bond donors (Lipinski definition) is 2. The summed E-state index contributed by atoms with van der Waals surface area (Å²) in [5.41, 5.74) is 8.06. The maximum atomic E-state index is 5.85. The van der Waals surface area contributed by atoms with Crippen molar-refractivity contribution < 1.29 is 0 Å². The van der Waals surface area contributed by atoms with Crippen LogP contribution in [0.2, 0.25) is 0 Å². The van der Waals surface area contributed by atoms with Gasteiger partial charge in [0, 0.05) is 18.4 Å². The fourth-order valence-corrected chi connectivity index (χ4v) is 1.95. The number of guanidine groups is 1. The molecule has 0 radical (unpaired) electrons. The van der Waals surface area contributed by atoms with E-state index in [1.807, 2.05) is 22.9 Å². The van der Waals surface area contributed by atoms with Crippen LogP contribution in [0.15, 0.2) is 48.0 Å². The number of nitrogens with one attached hydrogen (secondary N) is 1. The maximum absolute atomic E-state index is 5.85. The molecule has 6 heteroatoms. The molecule has 0 saturated heterocycles. The van der Waals surface area contributed by atoms with E-state index in [2.05, 4.69) is 27.4 Å². The van der Waals surface area contributed by atoms with Crippen LogP contribution in [0.5, 0.6) is 0 Å². The molecule has 0 aliphatic heterocycles. The third-order valence-electron chi connectivity index (χ3n) is 3.12. The van der Waals surface area contributed by atoms with E-state index in [1.54, 1.807) is 12.5 Å². The molecule has 0 bridgehead atoms. The second-order valence-electron chi connectivity index (χ2n) is 4.72. The van der Waals surface area contributed by atoms with E-state index in [0.717, 1.165) is 11.3 Å². The largest absolute Gasteiger partial charge is 0.370 e. The molecule has 1 saturated carbocycles. The Labute approximate surface area is 135 Å². The van der Waals surface area contributed by atoms with Gasteiger partial charge in [-0.2, -0.15) is 0 Å². The average molecular weight is 383 g/mol. The number of nitrogens with zero attached hydrogens (tertiary/aromatic N) is 3. The first-order valence-corrected chi connectivity index (χ1v) is 6.45. The van der Waals surface area contributed by atoms with Crippen molar-refractivity contribution in [3.05, 3.63) is 48.5 Å². The molecular weight excluding hydrogens is 365 g/mol. The zero-order chi connectivity index (χ0) is 13.1. The summed E-state index contributed by atoms with van der Waals surface area (Å²) < 4.78 is 1.98. The Hall–Kier alpha value is -1.57. The van der Waals surface area contributed by atoms with Crippen LogP contribution in [0.1, 0.15) is 18.4 Å². The number of aliphatic imine (C=N–C) groups is 1. The summed E-state index contributed by atoms with van der Waals surface area (Å²) in [6, 6.07) is 8.66. The van der Waals surface area contributed by atoms with Crippen molar-refractivity contribution in [3.8, 4) is 5.69 Å². The Balaban J connectivity index is 0.00000147. The van der Waals surface area contributed by atoms with Crippen LogP contribution in [-0.4, -0.2) is 21.6 Å². The smallest absolute Gasteiger partial charge is 0.189 e. The van der Waals surface area contributed by atoms with Gasteiger partial charge >= 0.3 is 0 Å². The highest BCUT2D eigenvalue weighted by Gasteiger charge is 2.21. The minimum atomic E-state index is 0. The highest BCUT2D eigenvalue weighted by Crippen LogP contribution is 2.18. The van der Waals surface area contributed by atoms with Crippen molar-refractivity contribution in [3.63, 3.8) is 0 Å². The molecule has 106 valence electrons. The van der Waals surface area contributed by atoms with Crippen LogP contribution in [0.3, 0.4) is 0 Å². The molecule has 3 N–H and O–H groups in total. The summed E-state index contributed by atoms with van der Waals surface area (Å²) in [6.45, 7) is 0.569. The maximum Gasteiger partial charge on any atom is 0.189 e. The number of para-hydroxylation sites is 1. The van der Waals surface area contributed by atoms with E-state index < -0.39 is 0 Å². The van der Waals surface area contributed by atoms with Gasteiger partial charge in [0.1, 0.15) is 0 Å². The normalized spacial score (nSPS) is 14.7. The van der Waals surface area contributed by atoms with Gasteiger partial charge in [0.05, 0.1) is 18.6 Å². The van der Waals surface area contributed by atoms with Crippen molar-refractivity contribution >= 4 is 29.9 Å². The van der Waals surface area contributed by atoms with E-state index in [1.165, 1.54) is 12.8 Å². The molecule has 0 atom stereocenters. The summed E-state index contributed by atoms with van der Waals surface area (Å²) in [7, 11) is 0. The lowest BCUT2D eigenvalue weighted by Crippen LogP contribution is -2.33. The molecule has 1 aliphatic carbocycles. The van der Waals surface area contributed by atoms with Gasteiger partial charge in [-0.15, -0.1) is 24.0 Å². The molecule has 1 aromatic carbocycles. The molecule has 3 rings (SSSR count). The van der Waals surface area contributed by atoms with Crippen LogP contribution < -0.4 is 11.1 Å². The zero-order valence-electron chi connectivity index (χ0n) is 11.1. The topological polar surface area (TPSA) is 68.2 Å². The lowest BCUT2D eigenvalue weighted by molar-refractivity contribution is 0.876. The molecule has 0 unspecified atom stereocenters. The standard InChI is InChI=1S/C14H17N5.HI/c15-14(18-12-5-6-12)17-9-11-3-1-2-4-13(11)19-8-7-16-10-19;/h1-4,7-8,10,12H,5-6,9H2,(H3,15,17,18);1H. The highest BCUT2D eigenvalue weighted by atomic mass is 127. The number of rotatable bonds is 4. The fraction of sp³-hybridized carbons (Fsp3) is 0.286. The molecular formula is C14H18IN5. The van der Waals surface area contributed by atoms with E-state index >= 15 is 0 Å². The molecule has 5 nitrogen and oxygen atoms in total. The first-order valence-electron chi connectivity index (χ1n) is 6.45. The number of nitrogens with two attached hydrogens (primary N) is 1. The second kappa shape index (κ2) is 6.74. The SMILES string of the molecule is I.NC(=NCc1ccccc1-n1ccnc1)NC1CC1. The molecule has 1 aliphatic rings. The highest BCUT2D eigenvalue weighted by molar-refractivity contribution is 14.0. The van der Waals surface area contributed by atoms with Gasteiger partial charge in [0.25, 0.3) is 0 Å². The summed E-state index contributed by atoms with van der Waals surface area (Å²) in [5, 5.41) is 3.19. The zero-order valence-corrected chi connectivity index (χ0v) is 13.4. The Morgan fingerprint density at radius 2 is 2.20 bits per heavy atom. The fourth-order valence-electron chi connectivity index (χ4n) is 1.95. The van der Waals surface area contributed by atoms with Gasteiger partial charge < -0.3 is 15.6 Å². The number of aromatic nitrogens is 2.